The molecule has 2 unspecified atom stereocenters. The molecule has 2 atom stereocenters. The first-order chi connectivity index (χ1) is 13.3. The maximum atomic E-state index is 10.7. The maximum Gasteiger partial charge on any atom is 0.143 e. The van der Waals surface area contributed by atoms with Crippen LogP contribution in [0.5, 0.6) is 5.75 Å². The van der Waals surface area contributed by atoms with Gasteiger partial charge in [-0.25, -0.2) is 0 Å². The SMILES string of the molecule is COc1cc(NC2CCN(C3C4CC(C)CC3CC(C)(O)C4)CC2)ccc1N. The van der Waals surface area contributed by atoms with Crippen LogP contribution in [0.4, 0.5) is 11.4 Å². The molecule has 2 bridgehead atoms. The highest BCUT2D eigenvalue weighted by atomic mass is 16.5. The predicted octanol–water partition coefficient (Wildman–Crippen LogP) is 3.73. The van der Waals surface area contributed by atoms with Crippen LogP contribution < -0.4 is 15.8 Å². The average Bonchev–Trinajstić information content (AvgIpc) is 2.62. The van der Waals surface area contributed by atoms with E-state index < -0.39 is 5.60 Å². The summed E-state index contributed by atoms with van der Waals surface area (Å²) in [5.74, 6) is 2.85. The van der Waals surface area contributed by atoms with Crippen molar-refractivity contribution in [2.45, 2.75) is 70.1 Å². The number of nitrogens with one attached hydrogen (secondary N) is 1. The molecule has 2 aliphatic carbocycles. The Labute approximate surface area is 169 Å². The van der Waals surface area contributed by atoms with Gasteiger partial charge in [0, 0.05) is 36.9 Å². The second-order valence-electron chi connectivity index (χ2n) is 9.90. The number of nitrogens with zero attached hydrogens (tertiary/aromatic N) is 1. The molecule has 1 saturated heterocycles. The van der Waals surface area contributed by atoms with Crippen molar-refractivity contribution < 1.29 is 9.84 Å². The number of fused-ring (bicyclic) bond motifs is 2. The Morgan fingerprint density at radius 2 is 1.82 bits per heavy atom. The molecule has 1 aliphatic heterocycles. The second kappa shape index (κ2) is 7.75. The van der Waals surface area contributed by atoms with Crippen LogP contribution in [-0.2, 0) is 0 Å². The van der Waals surface area contributed by atoms with E-state index in [-0.39, 0.29) is 0 Å². The van der Waals surface area contributed by atoms with Gasteiger partial charge < -0.3 is 20.9 Å². The number of anilines is 2. The molecular weight excluding hydrogens is 350 g/mol. The van der Waals surface area contributed by atoms with Crippen molar-refractivity contribution in [3.8, 4) is 5.75 Å². The molecule has 156 valence electrons. The minimum absolute atomic E-state index is 0.458. The van der Waals surface area contributed by atoms with Gasteiger partial charge in [-0.2, -0.15) is 0 Å². The summed E-state index contributed by atoms with van der Waals surface area (Å²) in [7, 11) is 1.66. The third-order valence-electron chi connectivity index (χ3n) is 7.34. The molecule has 0 aromatic heterocycles. The Hall–Kier alpha value is -1.46. The highest BCUT2D eigenvalue weighted by molar-refractivity contribution is 5.61. The van der Waals surface area contributed by atoms with Crippen LogP contribution >= 0.6 is 0 Å². The van der Waals surface area contributed by atoms with Crippen molar-refractivity contribution in [1.82, 2.24) is 4.90 Å². The fraction of sp³-hybridized carbons (Fsp3) is 0.739. The molecule has 4 N–H and O–H groups in total. The van der Waals surface area contributed by atoms with Crippen LogP contribution in [0.2, 0.25) is 0 Å². The van der Waals surface area contributed by atoms with Gasteiger partial charge in [-0.1, -0.05) is 6.92 Å². The summed E-state index contributed by atoms with van der Waals surface area (Å²) >= 11 is 0. The number of hydrogen-bond donors (Lipinski definition) is 3. The predicted molar refractivity (Wildman–Crippen MR) is 115 cm³/mol. The van der Waals surface area contributed by atoms with Crippen molar-refractivity contribution in [3.63, 3.8) is 0 Å². The zero-order valence-electron chi connectivity index (χ0n) is 17.7. The topological polar surface area (TPSA) is 70.8 Å². The molecule has 1 aromatic rings. The second-order valence-corrected chi connectivity index (χ2v) is 9.90. The van der Waals surface area contributed by atoms with E-state index in [4.69, 9.17) is 10.5 Å². The molecule has 1 aromatic carbocycles. The monoisotopic (exact) mass is 387 g/mol. The van der Waals surface area contributed by atoms with Gasteiger partial charge in [0.2, 0.25) is 0 Å². The van der Waals surface area contributed by atoms with Gasteiger partial charge in [-0.3, -0.25) is 4.90 Å². The van der Waals surface area contributed by atoms with Crippen LogP contribution in [0.1, 0.15) is 52.4 Å². The standard InChI is InChI=1S/C23H37N3O2/c1-15-10-16-13-23(2,27)14-17(11-15)22(16)26-8-6-18(7-9-26)25-19-4-5-20(24)21(12-19)28-3/h4-5,12,15-18,22,25,27H,6-11,13-14,24H2,1-3H3. The number of piperidine rings is 1. The fourth-order valence-corrected chi connectivity index (χ4v) is 6.39. The molecule has 5 heteroatoms. The van der Waals surface area contributed by atoms with E-state index in [1.54, 1.807) is 7.11 Å². The lowest BCUT2D eigenvalue weighted by atomic mass is 9.60. The summed E-state index contributed by atoms with van der Waals surface area (Å²) < 4.78 is 5.35. The molecular formula is C23H37N3O2. The number of hydrogen-bond acceptors (Lipinski definition) is 5. The highest BCUT2D eigenvalue weighted by Gasteiger charge is 2.48. The fourth-order valence-electron chi connectivity index (χ4n) is 6.39. The summed E-state index contributed by atoms with van der Waals surface area (Å²) in [4.78, 5) is 2.75. The van der Waals surface area contributed by atoms with E-state index in [1.807, 2.05) is 18.2 Å². The first-order valence-corrected chi connectivity index (χ1v) is 11.0. The largest absolute Gasteiger partial charge is 0.495 e. The maximum absolute atomic E-state index is 10.7. The zero-order chi connectivity index (χ0) is 19.9. The molecule has 0 spiro atoms. The van der Waals surface area contributed by atoms with Crippen molar-refractivity contribution in [2.24, 2.45) is 17.8 Å². The first kappa shape index (κ1) is 19.8. The Morgan fingerprint density at radius 1 is 1.18 bits per heavy atom. The third-order valence-corrected chi connectivity index (χ3v) is 7.34. The molecule has 2 saturated carbocycles. The number of rotatable bonds is 4. The summed E-state index contributed by atoms with van der Waals surface area (Å²) in [5.41, 5.74) is 7.24. The molecule has 1 heterocycles. The van der Waals surface area contributed by atoms with Gasteiger partial charge in [0.1, 0.15) is 5.75 Å². The Bertz CT molecular complexity index is 666. The number of benzene rings is 1. The molecule has 3 aliphatic rings. The van der Waals surface area contributed by atoms with E-state index in [0.29, 0.717) is 29.6 Å². The third kappa shape index (κ3) is 4.11. The molecule has 4 rings (SSSR count). The van der Waals surface area contributed by atoms with E-state index in [0.717, 1.165) is 56.1 Å². The van der Waals surface area contributed by atoms with Gasteiger partial charge >= 0.3 is 0 Å². The lowest BCUT2D eigenvalue weighted by Crippen LogP contribution is -2.58. The number of ether oxygens (including phenoxy) is 1. The van der Waals surface area contributed by atoms with Crippen LogP contribution in [0, 0.1) is 17.8 Å². The van der Waals surface area contributed by atoms with Gasteiger partial charge in [0.25, 0.3) is 0 Å². The van der Waals surface area contributed by atoms with Gasteiger partial charge in [0.05, 0.1) is 18.4 Å². The van der Waals surface area contributed by atoms with Gasteiger partial charge in [0.15, 0.2) is 0 Å². The van der Waals surface area contributed by atoms with E-state index >= 15 is 0 Å². The average molecular weight is 388 g/mol. The lowest BCUT2D eigenvalue weighted by molar-refractivity contribution is -0.0984. The normalized spacial score (nSPS) is 36.9. The van der Waals surface area contributed by atoms with Crippen molar-refractivity contribution >= 4 is 11.4 Å². The van der Waals surface area contributed by atoms with Crippen molar-refractivity contribution in [1.29, 1.82) is 0 Å². The van der Waals surface area contributed by atoms with Crippen LogP contribution in [-0.4, -0.2) is 47.9 Å². The van der Waals surface area contributed by atoms with Crippen molar-refractivity contribution in [3.05, 3.63) is 18.2 Å². The van der Waals surface area contributed by atoms with E-state index in [9.17, 15) is 5.11 Å². The molecule has 5 nitrogen and oxygen atoms in total. The first-order valence-electron chi connectivity index (χ1n) is 11.0. The summed E-state index contributed by atoms with van der Waals surface area (Å²) in [6, 6.07) is 7.12. The molecule has 0 radical (unpaired) electrons. The Kier molecular flexibility index (Phi) is 5.49. The van der Waals surface area contributed by atoms with Crippen LogP contribution in [0.25, 0.3) is 0 Å². The Morgan fingerprint density at radius 3 is 2.43 bits per heavy atom. The zero-order valence-corrected chi connectivity index (χ0v) is 17.7. The number of nitrogens with two attached hydrogens (primary N) is 1. The van der Waals surface area contributed by atoms with E-state index in [2.05, 4.69) is 24.1 Å². The lowest BCUT2D eigenvalue weighted by Gasteiger charge is -2.55. The molecule has 28 heavy (non-hydrogen) atoms. The summed E-state index contributed by atoms with van der Waals surface area (Å²) in [6.07, 6.45) is 6.83. The smallest absolute Gasteiger partial charge is 0.143 e. The summed E-state index contributed by atoms with van der Waals surface area (Å²) in [5, 5.41) is 14.4. The van der Waals surface area contributed by atoms with E-state index in [1.165, 1.54) is 12.8 Å². The number of aliphatic hydroxyl groups is 1. The number of methoxy groups -OCH3 is 1. The Balaban J connectivity index is 1.36. The van der Waals surface area contributed by atoms with Crippen LogP contribution in [0.3, 0.4) is 0 Å². The molecule has 0 amide bonds. The van der Waals surface area contributed by atoms with Crippen LogP contribution in [0.15, 0.2) is 18.2 Å². The number of nitrogen functional groups attached to an aromatic ring is 1. The minimum Gasteiger partial charge on any atom is -0.495 e. The molecule has 3 fully saturated rings. The summed E-state index contributed by atoms with van der Waals surface area (Å²) in [6.45, 7) is 6.75. The quantitative estimate of drug-likeness (QED) is 0.687. The van der Waals surface area contributed by atoms with Gasteiger partial charge in [-0.05, 0) is 75.3 Å². The minimum atomic E-state index is -0.458. The number of likely N-dealkylation sites (tertiary alicyclic amines) is 1. The van der Waals surface area contributed by atoms with Crippen molar-refractivity contribution in [2.75, 3.05) is 31.2 Å². The van der Waals surface area contributed by atoms with Gasteiger partial charge in [-0.15, -0.1) is 0 Å². The highest BCUT2D eigenvalue weighted by Crippen LogP contribution is 2.49.